The van der Waals surface area contributed by atoms with Gasteiger partial charge >= 0.3 is 0 Å². The van der Waals surface area contributed by atoms with Gasteiger partial charge in [0.15, 0.2) is 0 Å². The van der Waals surface area contributed by atoms with Crippen molar-refractivity contribution in [2.24, 2.45) is 0 Å². The molecule has 1 saturated heterocycles. The van der Waals surface area contributed by atoms with Gasteiger partial charge in [-0.1, -0.05) is 78.9 Å². The molecule has 29 heavy (non-hydrogen) atoms. The van der Waals surface area contributed by atoms with Crippen LogP contribution in [0.25, 0.3) is 0 Å². The minimum absolute atomic E-state index is 0.00859. The number of hydrogen-bond donors (Lipinski definition) is 0. The molecular weight excluding hydrogens is 363 g/mol. The van der Waals surface area contributed by atoms with Gasteiger partial charge < -0.3 is 4.90 Å². The highest BCUT2D eigenvalue weighted by Gasteiger charge is 2.28. The van der Waals surface area contributed by atoms with Crippen molar-refractivity contribution >= 4 is 5.91 Å². The third-order valence-corrected chi connectivity index (χ3v) is 5.56. The first kappa shape index (κ1) is 19.3. The Balaban J connectivity index is 1.46. The van der Waals surface area contributed by atoms with E-state index < -0.39 is 0 Å². The molecule has 4 rings (SSSR count). The van der Waals surface area contributed by atoms with Gasteiger partial charge in [0.05, 0.1) is 12.5 Å². The molecule has 0 radical (unpaired) electrons. The molecule has 1 heterocycles. The summed E-state index contributed by atoms with van der Waals surface area (Å²) in [6.45, 7) is 2.89. The SMILES string of the molecule is O=C(Cc1ccccc1F)N1CCN(C(c2ccccc2)c2ccccc2)CC1. The summed E-state index contributed by atoms with van der Waals surface area (Å²) in [4.78, 5) is 17.0. The predicted octanol–water partition coefficient (Wildman–Crippen LogP) is 4.30. The third-order valence-electron chi connectivity index (χ3n) is 5.56. The van der Waals surface area contributed by atoms with Crippen LogP contribution in [0.5, 0.6) is 0 Å². The molecule has 0 aliphatic carbocycles. The van der Waals surface area contributed by atoms with Crippen LogP contribution in [-0.2, 0) is 11.2 Å². The zero-order valence-electron chi connectivity index (χ0n) is 16.4. The Morgan fingerprint density at radius 2 is 1.28 bits per heavy atom. The van der Waals surface area contributed by atoms with Gasteiger partial charge in [0, 0.05) is 26.2 Å². The first-order chi connectivity index (χ1) is 14.2. The van der Waals surface area contributed by atoms with E-state index in [2.05, 4.69) is 53.4 Å². The van der Waals surface area contributed by atoms with Crippen molar-refractivity contribution in [1.29, 1.82) is 0 Å². The molecule has 0 N–H and O–H groups in total. The van der Waals surface area contributed by atoms with Crippen molar-refractivity contribution in [1.82, 2.24) is 9.80 Å². The Bertz CT molecular complexity index is 898. The van der Waals surface area contributed by atoms with E-state index in [1.165, 1.54) is 17.2 Å². The fraction of sp³-hybridized carbons (Fsp3) is 0.240. The lowest BCUT2D eigenvalue weighted by atomic mass is 9.96. The Morgan fingerprint density at radius 1 is 0.759 bits per heavy atom. The van der Waals surface area contributed by atoms with E-state index in [0.717, 1.165) is 13.1 Å². The summed E-state index contributed by atoms with van der Waals surface area (Å²) in [6.07, 6.45) is 0.119. The Kier molecular flexibility index (Phi) is 6.01. The number of nitrogens with zero attached hydrogens (tertiary/aromatic N) is 2. The largest absolute Gasteiger partial charge is 0.340 e. The van der Waals surface area contributed by atoms with Crippen LogP contribution in [0.15, 0.2) is 84.9 Å². The number of benzene rings is 3. The summed E-state index contributed by atoms with van der Waals surface area (Å²) in [6, 6.07) is 27.7. The molecule has 1 amide bonds. The van der Waals surface area contributed by atoms with E-state index >= 15 is 0 Å². The van der Waals surface area contributed by atoms with Crippen LogP contribution in [0.4, 0.5) is 4.39 Å². The third kappa shape index (κ3) is 4.54. The molecule has 0 bridgehead atoms. The van der Waals surface area contributed by atoms with Crippen molar-refractivity contribution in [3.05, 3.63) is 107 Å². The predicted molar refractivity (Wildman–Crippen MR) is 113 cm³/mol. The molecule has 3 nitrogen and oxygen atoms in total. The van der Waals surface area contributed by atoms with Crippen molar-refractivity contribution in [3.8, 4) is 0 Å². The molecule has 0 atom stereocenters. The smallest absolute Gasteiger partial charge is 0.227 e. The van der Waals surface area contributed by atoms with Gasteiger partial charge in [-0.15, -0.1) is 0 Å². The molecule has 4 heteroatoms. The molecule has 1 aliphatic rings. The van der Waals surface area contributed by atoms with Gasteiger partial charge in [-0.2, -0.15) is 0 Å². The second-order valence-electron chi connectivity index (χ2n) is 7.41. The number of piperazine rings is 1. The second kappa shape index (κ2) is 9.01. The maximum absolute atomic E-state index is 13.9. The second-order valence-corrected chi connectivity index (χ2v) is 7.41. The highest BCUT2D eigenvalue weighted by molar-refractivity contribution is 5.79. The average Bonchev–Trinajstić information content (AvgIpc) is 2.77. The van der Waals surface area contributed by atoms with Crippen LogP contribution in [0.3, 0.4) is 0 Å². The minimum atomic E-state index is -0.312. The zero-order valence-corrected chi connectivity index (χ0v) is 16.4. The molecule has 0 spiro atoms. The lowest BCUT2D eigenvalue weighted by Crippen LogP contribution is -2.50. The highest BCUT2D eigenvalue weighted by Crippen LogP contribution is 2.29. The van der Waals surface area contributed by atoms with E-state index in [4.69, 9.17) is 0 Å². The quantitative estimate of drug-likeness (QED) is 0.651. The van der Waals surface area contributed by atoms with Gasteiger partial charge in [0.1, 0.15) is 5.82 Å². The molecule has 0 saturated carbocycles. The van der Waals surface area contributed by atoms with E-state index in [1.54, 1.807) is 18.2 Å². The van der Waals surface area contributed by atoms with E-state index in [-0.39, 0.29) is 24.2 Å². The molecule has 0 unspecified atom stereocenters. The summed E-state index contributed by atoms with van der Waals surface area (Å²) in [5.74, 6) is -0.321. The topological polar surface area (TPSA) is 23.6 Å². The first-order valence-electron chi connectivity index (χ1n) is 10.1. The number of amides is 1. The molecule has 1 aliphatic heterocycles. The summed E-state index contributed by atoms with van der Waals surface area (Å²) < 4.78 is 13.9. The first-order valence-corrected chi connectivity index (χ1v) is 10.1. The summed E-state index contributed by atoms with van der Waals surface area (Å²) in [5.41, 5.74) is 2.97. The number of halogens is 1. The van der Waals surface area contributed by atoms with Crippen molar-refractivity contribution < 1.29 is 9.18 Å². The normalized spacial score (nSPS) is 14.9. The fourth-order valence-electron chi connectivity index (χ4n) is 4.03. The van der Waals surface area contributed by atoms with Gasteiger partial charge in [0.25, 0.3) is 0 Å². The number of hydrogen-bond acceptors (Lipinski definition) is 2. The highest BCUT2D eigenvalue weighted by atomic mass is 19.1. The van der Waals surface area contributed by atoms with Crippen molar-refractivity contribution in [2.75, 3.05) is 26.2 Å². The van der Waals surface area contributed by atoms with Crippen molar-refractivity contribution in [2.45, 2.75) is 12.5 Å². The maximum Gasteiger partial charge on any atom is 0.227 e. The molecule has 148 valence electrons. The van der Waals surface area contributed by atoms with Crippen LogP contribution < -0.4 is 0 Å². The lowest BCUT2D eigenvalue weighted by Gasteiger charge is -2.40. The summed E-state index contributed by atoms with van der Waals surface area (Å²) in [7, 11) is 0. The molecule has 3 aromatic rings. The summed E-state index contributed by atoms with van der Waals surface area (Å²) >= 11 is 0. The Morgan fingerprint density at radius 3 is 1.83 bits per heavy atom. The van der Waals surface area contributed by atoms with E-state index in [9.17, 15) is 9.18 Å². The van der Waals surface area contributed by atoms with Gasteiger partial charge in [-0.25, -0.2) is 4.39 Å². The standard InChI is InChI=1S/C25H25FN2O/c26-23-14-8-7-13-22(23)19-24(29)27-15-17-28(18-16-27)25(20-9-3-1-4-10-20)21-11-5-2-6-12-21/h1-14,25H,15-19H2. The molecule has 0 aromatic heterocycles. The van der Waals surface area contributed by atoms with Crippen LogP contribution in [0, 0.1) is 5.82 Å². The van der Waals surface area contributed by atoms with E-state index in [1.807, 2.05) is 17.0 Å². The van der Waals surface area contributed by atoms with Gasteiger partial charge in [-0.3, -0.25) is 9.69 Å². The van der Waals surface area contributed by atoms with Gasteiger partial charge in [0.2, 0.25) is 5.91 Å². The zero-order chi connectivity index (χ0) is 20.1. The van der Waals surface area contributed by atoms with Crippen LogP contribution in [0.1, 0.15) is 22.7 Å². The van der Waals surface area contributed by atoms with Crippen LogP contribution >= 0.6 is 0 Å². The average molecular weight is 388 g/mol. The van der Waals surface area contributed by atoms with Gasteiger partial charge in [-0.05, 0) is 22.8 Å². The number of carbonyl (C=O) groups is 1. The molecule has 1 fully saturated rings. The Labute approximate surface area is 171 Å². The maximum atomic E-state index is 13.9. The van der Waals surface area contributed by atoms with Crippen LogP contribution in [0.2, 0.25) is 0 Å². The van der Waals surface area contributed by atoms with E-state index in [0.29, 0.717) is 18.7 Å². The Hall–Kier alpha value is -2.98. The number of rotatable bonds is 5. The fourth-order valence-corrected chi connectivity index (χ4v) is 4.03. The monoisotopic (exact) mass is 388 g/mol. The molecule has 3 aromatic carbocycles. The van der Waals surface area contributed by atoms with Crippen molar-refractivity contribution in [3.63, 3.8) is 0 Å². The minimum Gasteiger partial charge on any atom is -0.340 e. The lowest BCUT2D eigenvalue weighted by molar-refractivity contribution is -0.132. The summed E-state index contributed by atoms with van der Waals surface area (Å²) in [5, 5.41) is 0. The molecular formula is C25H25FN2O. The number of carbonyl (C=O) groups excluding carboxylic acids is 1. The van der Waals surface area contributed by atoms with Crippen LogP contribution in [-0.4, -0.2) is 41.9 Å².